The lowest BCUT2D eigenvalue weighted by Gasteiger charge is -2.10. The van der Waals surface area contributed by atoms with E-state index in [4.69, 9.17) is 9.84 Å². The maximum absolute atomic E-state index is 13.7. The van der Waals surface area contributed by atoms with E-state index in [2.05, 4.69) is 15.5 Å². The van der Waals surface area contributed by atoms with Crippen molar-refractivity contribution in [3.8, 4) is 17.1 Å². The molecule has 0 saturated heterocycles. The molecule has 0 aliphatic rings. The number of carboxylic acid groups (broad SMARTS) is 1. The minimum atomic E-state index is -0.882. The summed E-state index contributed by atoms with van der Waals surface area (Å²) in [4.78, 5) is 10.7. The van der Waals surface area contributed by atoms with Crippen LogP contribution in [-0.2, 0) is 11.3 Å². The molecule has 0 fully saturated rings. The second-order valence-electron chi connectivity index (χ2n) is 4.74. The third-order valence-electron chi connectivity index (χ3n) is 2.95. The van der Waals surface area contributed by atoms with Crippen molar-refractivity contribution in [2.45, 2.75) is 19.9 Å². The molecule has 1 aromatic carbocycles. The zero-order valence-corrected chi connectivity index (χ0v) is 11.7. The molecule has 1 N–H and O–H groups in total. The van der Waals surface area contributed by atoms with Gasteiger partial charge < -0.3 is 9.84 Å². The van der Waals surface area contributed by atoms with Crippen LogP contribution in [0.25, 0.3) is 11.4 Å². The molecule has 0 saturated carbocycles. The van der Waals surface area contributed by atoms with E-state index >= 15 is 0 Å². The minimum Gasteiger partial charge on any atom is -0.494 e. The molecule has 0 aliphatic carbocycles. The van der Waals surface area contributed by atoms with Gasteiger partial charge in [0.15, 0.2) is 17.4 Å². The first-order valence-corrected chi connectivity index (χ1v) is 6.33. The van der Waals surface area contributed by atoms with Crippen LogP contribution in [0.15, 0.2) is 18.2 Å². The predicted molar refractivity (Wildman–Crippen MR) is 71.2 cm³/mol. The van der Waals surface area contributed by atoms with Crippen molar-refractivity contribution in [3.63, 3.8) is 0 Å². The van der Waals surface area contributed by atoms with Crippen LogP contribution in [0.4, 0.5) is 4.39 Å². The molecule has 2 aromatic rings. The monoisotopic (exact) mass is 294 g/mol. The number of benzene rings is 1. The molecule has 21 heavy (non-hydrogen) atoms. The zero-order chi connectivity index (χ0) is 15.4. The third kappa shape index (κ3) is 3.53. The average molecular weight is 294 g/mol. The molecule has 2 rings (SSSR count). The summed E-state index contributed by atoms with van der Waals surface area (Å²) in [5.41, 5.74) is 0.501. The average Bonchev–Trinajstić information content (AvgIpc) is 2.85. The molecule has 8 heteroatoms. The number of halogens is 1. The Labute approximate surface area is 120 Å². The van der Waals surface area contributed by atoms with Crippen molar-refractivity contribution in [1.29, 1.82) is 0 Å². The Morgan fingerprint density at radius 1 is 1.52 bits per heavy atom. The van der Waals surface area contributed by atoms with E-state index in [1.165, 1.54) is 23.9 Å². The summed E-state index contributed by atoms with van der Waals surface area (Å²) >= 11 is 0. The first kappa shape index (κ1) is 14.9. The highest BCUT2D eigenvalue weighted by Gasteiger charge is 2.15. The molecule has 7 nitrogen and oxygen atoms in total. The number of ether oxygens (including phenoxy) is 1. The van der Waals surface area contributed by atoms with Gasteiger partial charge in [0, 0.05) is 18.5 Å². The van der Waals surface area contributed by atoms with Gasteiger partial charge in [-0.15, -0.1) is 5.10 Å². The first-order chi connectivity index (χ1) is 10.0. The molecule has 0 aliphatic heterocycles. The smallest absolute Gasteiger partial charge is 0.303 e. The standard InChI is InChI=1S/C13H15FN4O3/c1-8(5-12(19)20)7-18-13(15-16-17-18)9-3-4-11(21-2)10(14)6-9/h3-4,6,8H,5,7H2,1-2H3,(H,19,20). The summed E-state index contributed by atoms with van der Waals surface area (Å²) in [6.45, 7) is 2.12. The van der Waals surface area contributed by atoms with Crippen LogP contribution in [0.2, 0.25) is 0 Å². The molecule has 0 bridgehead atoms. The van der Waals surface area contributed by atoms with Crippen LogP contribution in [0.3, 0.4) is 0 Å². The van der Waals surface area contributed by atoms with Crippen LogP contribution < -0.4 is 4.74 Å². The van der Waals surface area contributed by atoms with E-state index in [-0.39, 0.29) is 18.1 Å². The Morgan fingerprint density at radius 3 is 2.90 bits per heavy atom. The summed E-state index contributed by atoms with van der Waals surface area (Å²) in [6, 6.07) is 4.42. The third-order valence-corrected chi connectivity index (χ3v) is 2.95. The zero-order valence-electron chi connectivity index (χ0n) is 11.7. The first-order valence-electron chi connectivity index (χ1n) is 6.33. The number of tetrazole rings is 1. The maximum atomic E-state index is 13.7. The number of rotatable bonds is 6. The SMILES string of the molecule is COc1ccc(-c2nnnn2CC(C)CC(=O)O)cc1F. The molecule has 112 valence electrons. The van der Waals surface area contributed by atoms with Crippen molar-refractivity contribution >= 4 is 5.97 Å². The van der Waals surface area contributed by atoms with E-state index in [9.17, 15) is 9.18 Å². The highest BCUT2D eigenvalue weighted by Crippen LogP contribution is 2.24. The number of hydrogen-bond acceptors (Lipinski definition) is 5. The number of methoxy groups -OCH3 is 1. The van der Waals surface area contributed by atoms with E-state index in [0.717, 1.165) is 0 Å². The van der Waals surface area contributed by atoms with E-state index < -0.39 is 11.8 Å². The largest absolute Gasteiger partial charge is 0.494 e. The Morgan fingerprint density at radius 2 is 2.29 bits per heavy atom. The van der Waals surface area contributed by atoms with Crippen LogP contribution in [-0.4, -0.2) is 38.4 Å². The Hall–Kier alpha value is -2.51. The number of carbonyl (C=O) groups is 1. The number of aliphatic carboxylic acids is 1. The molecular formula is C13H15FN4O3. The summed E-state index contributed by atoms with van der Waals surface area (Å²) in [7, 11) is 1.38. The van der Waals surface area contributed by atoms with Crippen molar-refractivity contribution in [1.82, 2.24) is 20.2 Å². The van der Waals surface area contributed by atoms with Crippen LogP contribution in [0.5, 0.6) is 5.75 Å². The van der Waals surface area contributed by atoms with Crippen molar-refractivity contribution in [3.05, 3.63) is 24.0 Å². The molecule has 1 unspecified atom stereocenters. The summed E-state index contributed by atoms with van der Waals surface area (Å²) in [5, 5.41) is 20.0. The van der Waals surface area contributed by atoms with Gasteiger partial charge in [-0.1, -0.05) is 6.92 Å². The lowest BCUT2D eigenvalue weighted by Crippen LogP contribution is -2.14. The van der Waals surface area contributed by atoms with Gasteiger partial charge >= 0.3 is 5.97 Å². The molecule has 1 aromatic heterocycles. The summed E-state index contributed by atoms with van der Waals surface area (Å²) < 4.78 is 20.1. The Kier molecular flexibility index (Phi) is 4.46. The van der Waals surface area contributed by atoms with Gasteiger partial charge in [0.25, 0.3) is 0 Å². The number of hydrogen-bond donors (Lipinski definition) is 1. The maximum Gasteiger partial charge on any atom is 0.303 e. The molecule has 0 radical (unpaired) electrons. The Bertz CT molecular complexity index is 644. The number of aromatic nitrogens is 4. The number of nitrogens with zero attached hydrogens (tertiary/aromatic N) is 4. The fourth-order valence-electron chi connectivity index (χ4n) is 2.00. The van der Waals surface area contributed by atoms with E-state index in [0.29, 0.717) is 17.9 Å². The van der Waals surface area contributed by atoms with Crippen LogP contribution >= 0.6 is 0 Å². The van der Waals surface area contributed by atoms with Crippen molar-refractivity contribution in [2.24, 2.45) is 5.92 Å². The van der Waals surface area contributed by atoms with Crippen molar-refractivity contribution < 1.29 is 19.0 Å². The molecular weight excluding hydrogens is 279 g/mol. The van der Waals surface area contributed by atoms with Gasteiger partial charge in [-0.3, -0.25) is 4.79 Å². The molecule has 0 spiro atoms. The van der Waals surface area contributed by atoms with Gasteiger partial charge in [-0.2, -0.15) is 0 Å². The summed E-state index contributed by atoms with van der Waals surface area (Å²) in [5.74, 6) is -1.02. The lowest BCUT2D eigenvalue weighted by atomic mass is 10.1. The highest BCUT2D eigenvalue weighted by molar-refractivity contribution is 5.67. The normalized spacial score (nSPS) is 12.1. The van der Waals surface area contributed by atoms with Gasteiger partial charge in [0.1, 0.15) is 0 Å². The minimum absolute atomic E-state index is 0.0102. The van der Waals surface area contributed by atoms with Gasteiger partial charge in [0.2, 0.25) is 0 Å². The number of carboxylic acids is 1. The van der Waals surface area contributed by atoms with E-state index in [1.54, 1.807) is 13.0 Å². The van der Waals surface area contributed by atoms with Crippen LogP contribution in [0, 0.1) is 11.7 Å². The van der Waals surface area contributed by atoms with Crippen molar-refractivity contribution in [2.75, 3.05) is 7.11 Å². The fourth-order valence-corrected chi connectivity index (χ4v) is 2.00. The lowest BCUT2D eigenvalue weighted by molar-refractivity contribution is -0.138. The molecule has 1 atom stereocenters. The highest BCUT2D eigenvalue weighted by atomic mass is 19.1. The van der Waals surface area contributed by atoms with Gasteiger partial charge in [-0.05, 0) is 34.5 Å². The topological polar surface area (TPSA) is 90.1 Å². The Balaban J connectivity index is 2.23. The molecule has 1 heterocycles. The fraction of sp³-hybridized carbons (Fsp3) is 0.385. The second-order valence-corrected chi connectivity index (χ2v) is 4.74. The van der Waals surface area contributed by atoms with Gasteiger partial charge in [0.05, 0.1) is 7.11 Å². The van der Waals surface area contributed by atoms with E-state index in [1.807, 2.05) is 0 Å². The van der Waals surface area contributed by atoms with Crippen LogP contribution in [0.1, 0.15) is 13.3 Å². The predicted octanol–water partition coefficient (Wildman–Crippen LogP) is 1.60. The molecule has 0 amide bonds. The van der Waals surface area contributed by atoms with Gasteiger partial charge in [-0.25, -0.2) is 9.07 Å². The quantitative estimate of drug-likeness (QED) is 0.870. The second kappa shape index (κ2) is 6.29. The summed E-state index contributed by atoms with van der Waals surface area (Å²) in [6.07, 6.45) is 0.0102.